The van der Waals surface area contributed by atoms with Gasteiger partial charge in [-0.1, -0.05) is 25.1 Å². The molecular weight excluding hydrogens is 470 g/mol. The summed E-state index contributed by atoms with van der Waals surface area (Å²) in [6.07, 6.45) is 6.66. The summed E-state index contributed by atoms with van der Waals surface area (Å²) in [6, 6.07) is 16.2. The number of carboxylic acids is 2. The second-order valence-electron chi connectivity index (χ2n) is 9.75. The predicted molar refractivity (Wildman–Crippen MR) is 144 cm³/mol. The number of para-hydroxylation sites is 1. The third kappa shape index (κ3) is 7.08. The number of anilines is 1. The number of hydrogen-bond acceptors (Lipinski definition) is 6. The molecule has 2 heterocycles. The number of nitrogens with one attached hydrogen (secondary N) is 1. The maximum Gasteiger partial charge on any atom is 0.414 e. The van der Waals surface area contributed by atoms with Crippen molar-refractivity contribution < 1.29 is 19.8 Å². The molecule has 9 heteroatoms. The van der Waals surface area contributed by atoms with Crippen LogP contribution >= 0.6 is 0 Å². The van der Waals surface area contributed by atoms with Crippen LogP contribution in [-0.4, -0.2) is 93.8 Å². The number of imidazole rings is 1. The van der Waals surface area contributed by atoms with Crippen molar-refractivity contribution in [2.75, 3.05) is 50.7 Å². The van der Waals surface area contributed by atoms with Crippen LogP contribution in [0.4, 0.5) is 5.69 Å². The van der Waals surface area contributed by atoms with Crippen LogP contribution in [0.25, 0.3) is 11.0 Å². The molecule has 0 radical (unpaired) electrons. The number of carboxylic acid groups (broad SMARTS) is 2. The Labute approximate surface area is 217 Å². The van der Waals surface area contributed by atoms with Crippen molar-refractivity contribution in [3.05, 3.63) is 59.9 Å². The molecule has 198 valence electrons. The minimum Gasteiger partial charge on any atom is -0.473 e. The van der Waals surface area contributed by atoms with E-state index in [2.05, 4.69) is 74.1 Å². The number of H-pyrrole nitrogens is 1. The molecule has 1 unspecified atom stereocenters. The first kappa shape index (κ1) is 26.6. The first-order valence-electron chi connectivity index (χ1n) is 13.1. The average Bonchev–Trinajstić information content (AvgIpc) is 3.38. The number of aromatic amines is 1. The van der Waals surface area contributed by atoms with Crippen LogP contribution in [0.15, 0.2) is 48.8 Å². The van der Waals surface area contributed by atoms with Crippen LogP contribution < -0.4 is 4.90 Å². The van der Waals surface area contributed by atoms with Crippen LogP contribution in [0.3, 0.4) is 0 Å². The highest BCUT2D eigenvalue weighted by atomic mass is 16.4. The SMILES string of the molecule is CCCN(CCN1CCN(c2ccccc2)CC1)C1CCc2cc3nc[nH]c3cc2C1.O=C(O)C(=O)O. The van der Waals surface area contributed by atoms with Crippen molar-refractivity contribution in [2.24, 2.45) is 0 Å². The van der Waals surface area contributed by atoms with Crippen molar-refractivity contribution in [3.63, 3.8) is 0 Å². The van der Waals surface area contributed by atoms with E-state index in [4.69, 9.17) is 19.8 Å². The van der Waals surface area contributed by atoms with E-state index in [9.17, 15) is 0 Å². The smallest absolute Gasteiger partial charge is 0.414 e. The van der Waals surface area contributed by atoms with Gasteiger partial charge in [0.1, 0.15) is 0 Å². The van der Waals surface area contributed by atoms with E-state index in [1.54, 1.807) is 0 Å². The maximum absolute atomic E-state index is 9.10. The van der Waals surface area contributed by atoms with Gasteiger partial charge in [-0.3, -0.25) is 9.80 Å². The zero-order valence-corrected chi connectivity index (χ0v) is 21.5. The van der Waals surface area contributed by atoms with E-state index in [1.165, 1.54) is 80.7 Å². The summed E-state index contributed by atoms with van der Waals surface area (Å²) in [5, 5.41) is 14.8. The van der Waals surface area contributed by atoms with Gasteiger partial charge in [0.15, 0.2) is 0 Å². The minimum atomic E-state index is -1.82. The first-order chi connectivity index (χ1) is 17.9. The molecule has 5 rings (SSSR count). The molecule has 3 N–H and O–H groups in total. The Balaban J connectivity index is 0.000000480. The second kappa shape index (κ2) is 12.7. The van der Waals surface area contributed by atoms with Gasteiger partial charge in [0.05, 0.1) is 17.4 Å². The summed E-state index contributed by atoms with van der Waals surface area (Å²) < 4.78 is 0. The van der Waals surface area contributed by atoms with Gasteiger partial charge in [-0.05, 0) is 67.6 Å². The van der Waals surface area contributed by atoms with Crippen molar-refractivity contribution in [1.82, 2.24) is 19.8 Å². The predicted octanol–water partition coefficient (Wildman–Crippen LogP) is 3.11. The van der Waals surface area contributed by atoms with Crippen molar-refractivity contribution in [3.8, 4) is 0 Å². The number of carbonyl (C=O) groups is 2. The largest absolute Gasteiger partial charge is 0.473 e. The van der Waals surface area contributed by atoms with Crippen molar-refractivity contribution in [2.45, 2.75) is 38.6 Å². The normalized spacial score (nSPS) is 17.8. The molecule has 2 aromatic carbocycles. The molecule has 0 amide bonds. The van der Waals surface area contributed by atoms with Crippen LogP contribution in [0.2, 0.25) is 0 Å². The maximum atomic E-state index is 9.10. The molecule has 37 heavy (non-hydrogen) atoms. The number of nitrogens with zero attached hydrogens (tertiary/aromatic N) is 4. The van der Waals surface area contributed by atoms with E-state index in [0.29, 0.717) is 6.04 Å². The Hall–Kier alpha value is -3.43. The van der Waals surface area contributed by atoms with Crippen LogP contribution in [0.5, 0.6) is 0 Å². The fourth-order valence-electron chi connectivity index (χ4n) is 5.39. The number of hydrogen-bond donors (Lipinski definition) is 3. The van der Waals surface area contributed by atoms with Gasteiger partial charge in [-0.25, -0.2) is 14.6 Å². The standard InChI is InChI=1S/C26H35N5.C2H2O4/c1-2-10-30(14-11-29-12-15-31(16-13-29)23-6-4-3-5-7-23)24-9-8-21-18-25-26(28-20-27-25)19-22(21)17-24;3-1(4)2(5)6/h3-7,18-20,24H,2,8-17H2,1H3,(H,27,28);(H,3,4)(H,5,6). The van der Waals surface area contributed by atoms with E-state index in [-0.39, 0.29) is 0 Å². The number of aliphatic carboxylic acids is 2. The summed E-state index contributed by atoms with van der Waals surface area (Å²) in [4.78, 5) is 33.9. The number of benzene rings is 2. The molecule has 1 saturated heterocycles. The highest BCUT2D eigenvalue weighted by molar-refractivity contribution is 6.27. The molecule has 0 bridgehead atoms. The second-order valence-corrected chi connectivity index (χ2v) is 9.75. The number of piperazine rings is 1. The quantitative estimate of drug-likeness (QED) is 0.418. The van der Waals surface area contributed by atoms with Crippen molar-refractivity contribution >= 4 is 28.7 Å². The van der Waals surface area contributed by atoms with Gasteiger partial charge in [-0.15, -0.1) is 0 Å². The molecule has 1 atom stereocenters. The van der Waals surface area contributed by atoms with Gasteiger partial charge in [0.2, 0.25) is 0 Å². The highest BCUT2D eigenvalue weighted by Gasteiger charge is 2.25. The molecule has 3 aromatic rings. The number of rotatable bonds is 7. The topological polar surface area (TPSA) is 113 Å². The van der Waals surface area contributed by atoms with Gasteiger partial charge in [0.25, 0.3) is 0 Å². The first-order valence-corrected chi connectivity index (χ1v) is 13.1. The molecule has 9 nitrogen and oxygen atoms in total. The Bertz CT molecular complexity index is 1160. The Morgan fingerprint density at radius 3 is 2.43 bits per heavy atom. The van der Waals surface area contributed by atoms with E-state index >= 15 is 0 Å². The molecule has 1 fully saturated rings. The van der Waals surface area contributed by atoms with Gasteiger partial charge >= 0.3 is 11.9 Å². The third-order valence-electron chi connectivity index (χ3n) is 7.35. The molecular formula is C28H37N5O4. The fraction of sp³-hybridized carbons (Fsp3) is 0.464. The van der Waals surface area contributed by atoms with E-state index < -0.39 is 11.9 Å². The van der Waals surface area contributed by atoms with E-state index in [1.807, 2.05) is 6.33 Å². The third-order valence-corrected chi connectivity index (χ3v) is 7.35. The molecule has 0 spiro atoms. The summed E-state index contributed by atoms with van der Waals surface area (Å²) >= 11 is 0. The molecule has 1 aliphatic heterocycles. The van der Waals surface area contributed by atoms with Crippen LogP contribution in [-0.2, 0) is 22.4 Å². The van der Waals surface area contributed by atoms with Gasteiger partial charge in [-0.2, -0.15) is 0 Å². The number of aromatic nitrogens is 2. The lowest BCUT2D eigenvalue weighted by atomic mass is 9.87. The lowest BCUT2D eigenvalue weighted by molar-refractivity contribution is -0.159. The Kier molecular flexibility index (Phi) is 9.14. The Morgan fingerprint density at radius 2 is 1.76 bits per heavy atom. The van der Waals surface area contributed by atoms with E-state index in [0.717, 1.165) is 18.6 Å². The molecule has 1 aromatic heterocycles. The summed E-state index contributed by atoms with van der Waals surface area (Å²) in [7, 11) is 0. The molecule has 1 aliphatic carbocycles. The zero-order valence-electron chi connectivity index (χ0n) is 21.5. The highest BCUT2D eigenvalue weighted by Crippen LogP contribution is 2.28. The lowest BCUT2D eigenvalue weighted by Gasteiger charge is -2.39. The molecule has 0 saturated carbocycles. The fourth-order valence-corrected chi connectivity index (χ4v) is 5.39. The lowest BCUT2D eigenvalue weighted by Crippen LogP contribution is -2.50. The van der Waals surface area contributed by atoms with Gasteiger partial charge < -0.3 is 20.1 Å². The number of aryl methyl sites for hydroxylation is 1. The number of fused-ring (bicyclic) bond motifs is 2. The monoisotopic (exact) mass is 507 g/mol. The van der Waals surface area contributed by atoms with Crippen LogP contribution in [0, 0.1) is 0 Å². The van der Waals surface area contributed by atoms with Crippen LogP contribution in [0.1, 0.15) is 30.9 Å². The average molecular weight is 508 g/mol. The summed E-state index contributed by atoms with van der Waals surface area (Å²) in [5.41, 5.74) is 6.67. The Morgan fingerprint density at radius 1 is 1.03 bits per heavy atom. The minimum absolute atomic E-state index is 0.665. The zero-order chi connectivity index (χ0) is 26.2. The van der Waals surface area contributed by atoms with Crippen molar-refractivity contribution in [1.29, 1.82) is 0 Å². The molecule has 2 aliphatic rings. The summed E-state index contributed by atoms with van der Waals surface area (Å²) in [5.74, 6) is -3.65. The van der Waals surface area contributed by atoms with Gasteiger partial charge in [0, 0.05) is 51.0 Å². The summed E-state index contributed by atoms with van der Waals surface area (Å²) in [6.45, 7) is 10.5.